The van der Waals surface area contributed by atoms with Crippen molar-refractivity contribution in [2.24, 2.45) is 0 Å². The third-order valence-corrected chi connectivity index (χ3v) is 4.55. The molecule has 1 fully saturated rings. The Morgan fingerprint density at radius 1 is 1.42 bits per heavy atom. The van der Waals surface area contributed by atoms with Crippen LogP contribution in [0.15, 0.2) is 30.3 Å². The number of carbonyl (C=O) groups excluding carboxylic acids is 1. The Morgan fingerprint density at radius 3 is 2.89 bits per heavy atom. The van der Waals surface area contributed by atoms with Crippen molar-refractivity contribution in [3.8, 4) is 0 Å². The summed E-state index contributed by atoms with van der Waals surface area (Å²) in [5.74, 6) is 2.65. The Labute approximate surface area is 119 Å². The number of amides is 1. The van der Waals surface area contributed by atoms with Gasteiger partial charge in [-0.25, -0.2) is 0 Å². The lowest BCUT2D eigenvalue weighted by Crippen LogP contribution is -2.34. The van der Waals surface area contributed by atoms with Crippen LogP contribution in [0.1, 0.15) is 18.4 Å². The molecule has 0 aliphatic carbocycles. The number of rotatable bonds is 6. The molecule has 0 aromatic heterocycles. The quantitative estimate of drug-likeness (QED) is 0.865. The van der Waals surface area contributed by atoms with Crippen LogP contribution in [0.4, 0.5) is 0 Å². The number of carbonyl (C=O) groups is 1. The Balaban J connectivity index is 1.67. The average Bonchev–Trinajstić information content (AvgIpc) is 2.93. The summed E-state index contributed by atoms with van der Waals surface area (Å²) in [6, 6.07) is 10.7. The number of nitrogens with one attached hydrogen (secondary N) is 1. The largest absolute Gasteiger partial charge is 0.341 e. The molecule has 19 heavy (non-hydrogen) atoms. The summed E-state index contributed by atoms with van der Waals surface area (Å²) >= 11 is 1.99. The highest BCUT2D eigenvalue weighted by Gasteiger charge is 2.15. The topological polar surface area (TPSA) is 32.3 Å². The maximum atomic E-state index is 12.0. The zero-order valence-electron chi connectivity index (χ0n) is 11.5. The third-order valence-electron chi connectivity index (χ3n) is 3.39. The van der Waals surface area contributed by atoms with Crippen molar-refractivity contribution in [1.82, 2.24) is 10.2 Å². The number of thioether (sulfide) groups is 1. The number of hydrogen-bond donors (Lipinski definition) is 1. The van der Waals surface area contributed by atoms with Crippen molar-refractivity contribution >= 4 is 17.7 Å². The first-order valence-corrected chi connectivity index (χ1v) is 8.00. The normalized spacial score (nSPS) is 18.5. The molecule has 1 saturated heterocycles. The van der Waals surface area contributed by atoms with Crippen LogP contribution in [-0.2, 0) is 11.3 Å². The highest BCUT2D eigenvalue weighted by Crippen LogP contribution is 2.16. The molecule has 0 unspecified atom stereocenters. The summed E-state index contributed by atoms with van der Waals surface area (Å²) < 4.78 is 0. The van der Waals surface area contributed by atoms with Crippen LogP contribution in [0.3, 0.4) is 0 Å². The minimum absolute atomic E-state index is 0.210. The smallest absolute Gasteiger partial charge is 0.223 e. The SMILES string of the molecule is CN(Cc1ccccc1)C(=O)CCN[C@H]1CCSC1. The van der Waals surface area contributed by atoms with Gasteiger partial charge >= 0.3 is 0 Å². The molecule has 1 aromatic carbocycles. The fourth-order valence-electron chi connectivity index (χ4n) is 2.22. The second kappa shape index (κ2) is 7.56. The molecule has 1 atom stereocenters. The van der Waals surface area contributed by atoms with Gasteiger partial charge in [-0.1, -0.05) is 30.3 Å². The fraction of sp³-hybridized carbons (Fsp3) is 0.533. The number of hydrogen-bond acceptors (Lipinski definition) is 3. The van der Waals surface area contributed by atoms with Gasteiger partial charge in [-0.05, 0) is 17.7 Å². The fourth-order valence-corrected chi connectivity index (χ4v) is 3.40. The van der Waals surface area contributed by atoms with Gasteiger partial charge in [-0.15, -0.1) is 0 Å². The molecule has 0 spiro atoms. The Bertz CT molecular complexity index is 390. The molecular formula is C15H22N2OS. The van der Waals surface area contributed by atoms with Gasteiger partial charge in [-0.3, -0.25) is 4.79 Å². The first-order chi connectivity index (χ1) is 9.25. The van der Waals surface area contributed by atoms with Crippen LogP contribution in [0.5, 0.6) is 0 Å². The van der Waals surface area contributed by atoms with Gasteiger partial charge in [0.25, 0.3) is 0 Å². The molecule has 2 rings (SSSR count). The van der Waals surface area contributed by atoms with E-state index in [0.717, 1.165) is 6.54 Å². The molecular weight excluding hydrogens is 256 g/mol. The van der Waals surface area contributed by atoms with E-state index < -0.39 is 0 Å². The maximum absolute atomic E-state index is 12.0. The van der Waals surface area contributed by atoms with E-state index in [1.165, 1.54) is 23.5 Å². The molecule has 0 radical (unpaired) electrons. The first kappa shape index (κ1) is 14.4. The monoisotopic (exact) mass is 278 g/mol. The molecule has 0 saturated carbocycles. The minimum Gasteiger partial charge on any atom is -0.341 e. The van der Waals surface area contributed by atoms with Crippen LogP contribution < -0.4 is 5.32 Å². The number of nitrogens with zero attached hydrogens (tertiary/aromatic N) is 1. The second-order valence-corrected chi connectivity index (χ2v) is 6.15. The van der Waals surface area contributed by atoms with Crippen LogP contribution in [0.25, 0.3) is 0 Å². The molecule has 104 valence electrons. The molecule has 1 heterocycles. The first-order valence-electron chi connectivity index (χ1n) is 6.85. The molecule has 1 aromatic rings. The van der Waals surface area contributed by atoms with Crippen LogP contribution >= 0.6 is 11.8 Å². The maximum Gasteiger partial charge on any atom is 0.223 e. The Kier molecular flexibility index (Phi) is 5.73. The Morgan fingerprint density at radius 2 is 2.21 bits per heavy atom. The third kappa shape index (κ3) is 4.88. The van der Waals surface area contributed by atoms with E-state index in [0.29, 0.717) is 19.0 Å². The molecule has 4 heteroatoms. The highest BCUT2D eigenvalue weighted by molar-refractivity contribution is 7.99. The molecule has 1 aliphatic heterocycles. The van der Waals surface area contributed by atoms with Crippen LogP contribution in [0.2, 0.25) is 0 Å². The molecule has 1 amide bonds. The highest BCUT2D eigenvalue weighted by atomic mass is 32.2. The lowest BCUT2D eigenvalue weighted by molar-refractivity contribution is -0.130. The van der Waals surface area contributed by atoms with E-state index in [-0.39, 0.29) is 5.91 Å². The van der Waals surface area contributed by atoms with Crippen LogP contribution in [0, 0.1) is 0 Å². The predicted molar refractivity (Wildman–Crippen MR) is 81.3 cm³/mol. The summed E-state index contributed by atoms with van der Waals surface area (Å²) in [5, 5.41) is 3.46. The summed E-state index contributed by atoms with van der Waals surface area (Å²) in [5.41, 5.74) is 1.18. The van der Waals surface area contributed by atoms with E-state index in [1.54, 1.807) is 4.90 Å². The summed E-state index contributed by atoms with van der Waals surface area (Å²) in [4.78, 5) is 13.8. The van der Waals surface area contributed by atoms with Gasteiger partial charge in [0.2, 0.25) is 5.91 Å². The molecule has 1 aliphatic rings. The van der Waals surface area contributed by atoms with Crippen molar-refractivity contribution in [2.45, 2.75) is 25.4 Å². The average molecular weight is 278 g/mol. The standard InChI is InChI=1S/C15H22N2OS/c1-17(11-13-5-3-2-4-6-13)15(18)7-9-16-14-8-10-19-12-14/h2-6,14,16H,7-12H2,1H3/t14-/m0/s1. The van der Waals surface area contributed by atoms with Gasteiger partial charge in [0.15, 0.2) is 0 Å². The molecule has 0 bridgehead atoms. The lowest BCUT2D eigenvalue weighted by Gasteiger charge is -2.18. The zero-order chi connectivity index (χ0) is 13.5. The zero-order valence-corrected chi connectivity index (χ0v) is 12.3. The van der Waals surface area contributed by atoms with E-state index in [9.17, 15) is 4.79 Å². The summed E-state index contributed by atoms with van der Waals surface area (Å²) in [7, 11) is 1.88. The van der Waals surface area contributed by atoms with Gasteiger partial charge in [0.05, 0.1) is 0 Å². The minimum atomic E-state index is 0.210. The second-order valence-electron chi connectivity index (χ2n) is 5.00. The van der Waals surface area contributed by atoms with Gasteiger partial charge in [0.1, 0.15) is 0 Å². The van der Waals surface area contributed by atoms with E-state index in [4.69, 9.17) is 0 Å². The van der Waals surface area contributed by atoms with Crippen molar-refractivity contribution in [2.75, 3.05) is 25.1 Å². The van der Waals surface area contributed by atoms with Gasteiger partial charge in [0, 0.05) is 38.4 Å². The molecule has 3 nitrogen and oxygen atoms in total. The lowest BCUT2D eigenvalue weighted by atomic mass is 10.2. The summed E-state index contributed by atoms with van der Waals surface area (Å²) in [6.45, 7) is 1.49. The Hall–Kier alpha value is -1.00. The van der Waals surface area contributed by atoms with E-state index >= 15 is 0 Å². The molecule has 1 N–H and O–H groups in total. The van der Waals surface area contributed by atoms with Gasteiger partial charge < -0.3 is 10.2 Å². The summed E-state index contributed by atoms with van der Waals surface area (Å²) in [6.07, 6.45) is 1.82. The predicted octanol–water partition coefficient (Wildman–Crippen LogP) is 2.13. The van der Waals surface area contributed by atoms with E-state index in [1.807, 2.05) is 37.0 Å². The van der Waals surface area contributed by atoms with Crippen molar-refractivity contribution in [3.63, 3.8) is 0 Å². The van der Waals surface area contributed by atoms with Crippen molar-refractivity contribution in [1.29, 1.82) is 0 Å². The van der Waals surface area contributed by atoms with Crippen molar-refractivity contribution in [3.05, 3.63) is 35.9 Å². The number of benzene rings is 1. The van der Waals surface area contributed by atoms with Crippen LogP contribution in [-0.4, -0.2) is 41.9 Å². The van der Waals surface area contributed by atoms with E-state index in [2.05, 4.69) is 17.4 Å². The van der Waals surface area contributed by atoms with Crippen molar-refractivity contribution < 1.29 is 4.79 Å². The van der Waals surface area contributed by atoms with Gasteiger partial charge in [-0.2, -0.15) is 11.8 Å².